The van der Waals surface area contributed by atoms with Gasteiger partial charge in [-0.1, -0.05) is 18.6 Å². The molecule has 3 nitrogen and oxygen atoms in total. The maximum Gasteiger partial charge on any atom is 0.407 e. The SMILES string of the molecule is CC(C)=CCCC(C)CCOC(=O)NC(C)(C)C. The average molecular weight is 255 g/mol. The van der Waals surface area contributed by atoms with E-state index < -0.39 is 0 Å². The molecular weight excluding hydrogens is 226 g/mol. The Morgan fingerprint density at radius 2 is 1.89 bits per heavy atom. The molecule has 18 heavy (non-hydrogen) atoms. The van der Waals surface area contributed by atoms with Crippen molar-refractivity contribution in [1.82, 2.24) is 5.32 Å². The summed E-state index contributed by atoms with van der Waals surface area (Å²) in [5.74, 6) is 0.586. The highest BCUT2D eigenvalue weighted by atomic mass is 16.5. The van der Waals surface area contributed by atoms with Gasteiger partial charge in [0.1, 0.15) is 0 Å². The fraction of sp³-hybridized carbons (Fsp3) is 0.800. The van der Waals surface area contributed by atoms with E-state index in [0.717, 1.165) is 19.3 Å². The Morgan fingerprint density at radius 1 is 1.28 bits per heavy atom. The second-order valence-corrected chi connectivity index (χ2v) is 6.26. The zero-order valence-corrected chi connectivity index (χ0v) is 12.8. The predicted octanol–water partition coefficient (Wildman–Crippen LogP) is 4.28. The predicted molar refractivity (Wildman–Crippen MR) is 76.7 cm³/mol. The van der Waals surface area contributed by atoms with Crippen molar-refractivity contribution in [3.8, 4) is 0 Å². The molecule has 3 heteroatoms. The monoisotopic (exact) mass is 255 g/mol. The molecule has 0 saturated carbocycles. The van der Waals surface area contributed by atoms with Gasteiger partial charge in [0.15, 0.2) is 0 Å². The normalized spacial score (nSPS) is 12.8. The van der Waals surface area contributed by atoms with Crippen molar-refractivity contribution >= 4 is 6.09 Å². The molecule has 106 valence electrons. The van der Waals surface area contributed by atoms with Crippen LogP contribution in [0.3, 0.4) is 0 Å². The number of carbonyl (C=O) groups is 1. The van der Waals surface area contributed by atoms with Crippen LogP contribution in [0.1, 0.15) is 60.8 Å². The minimum absolute atomic E-state index is 0.230. The summed E-state index contributed by atoms with van der Waals surface area (Å²) in [5, 5.41) is 2.78. The van der Waals surface area contributed by atoms with Gasteiger partial charge in [-0.15, -0.1) is 0 Å². The Balaban J connectivity index is 3.65. The van der Waals surface area contributed by atoms with Crippen LogP contribution >= 0.6 is 0 Å². The summed E-state index contributed by atoms with van der Waals surface area (Å²) in [4.78, 5) is 11.4. The van der Waals surface area contributed by atoms with Gasteiger partial charge in [0.25, 0.3) is 0 Å². The van der Waals surface area contributed by atoms with E-state index in [1.807, 2.05) is 20.8 Å². The van der Waals surface area contributed by atoms with Crippen molar-refractivity contribution in [2.45, 2.75) is 66.3 Å². The van der Waals surface area contributed by atoms with E-state index in [-0.39, 0.29) is 11.6 Å². The van der Waals surface area contributed by atoms with Crippen LogP contribution in [0, 0.1) is 5.92 Å². The van der Waals surface area contributed by atoms with Crippen LogP contribution in [0.5, 0.6) is 0 Å². The molecule has 0 heterocycles. The van der Waals surface area contributed by atoms with E-state index in [4.69, 9.17) is 4.74 Å². The number of alkyl carbamates (subject to hydrolysis) is 1. The topological polar surface area (TPSA) is 38.3 Å². The largest absolute Gasteiger partial charge is 0.450 e. The smallest absolute Gasteiger partial charge is 0.407 e. The van der Waals surface area contributed by atoms with Gasteiger partial charge in [-0.05, 0) is 59.8 Å². The molecule has 0 aromatic carbocycles. The van der Waals surface area contributed by atoms with Crippen LogP contribution in [-0.4, -0.2) is 18.2 Å². The fourth-order valence-electron chi connectivity index (χ4n) is 1.50. The molecular formula is C15H29NO2. The molecule has 0 bridgehead atoms. The van der Waals surface area contributed by atoms with Crippen molar-refractivity contribution in [2.24, 2.45) is 5.92 Å². The molecule has 0 fully saturated rings. The van der Waals surface area contributed by atoms with Crippen LogP contribution in [-0.2, 0) is 4.74 Å². The fourth-order valence-corrected chi connectivity index (χ4v) is 1.50. The molecule has 1 atom stereocenters. The van der Waals surface area contributed by atoms with E-state index in [9.17, 15) is 4.79 Å². The summed E-state index contributed by atoms with van der Waals surface area (Å²) in [6.45, 7) is 12.7. The Morgan fingerprint density at radius 3 is 2.39 bits per heavy atom. The summed E-state index contributed by atoms with van der Waals surface area (Å²) in [6, 6.07) is 0. The molecule has 0 aromatic rings. The number of hydrogen-bond donors (Lipinski definition) is 1. The van der Waals surface area contributed by atoms with Crippen LogP contribution < -0.4 is 5.32 Å². The first-order chi connectivity index (χ1) is 8.20. The van der Waals surface area contributed by atoms with Crippen LogP contribution in [0.25, 0.3) is 0 Å². The van der Waals surface area contributed by atoms with Crippen molar-refractivity contribution in [1.29, 1.82) is 0 Å². The Bertz CT molecular complexity index is 273. The van der Waals surface area contributed by atoms with E-state index in [1.165, 1.54) is 5.57 Å². The Labute approximate surface area is 112 Å². The molecule has 1 amide bonds. The molecule has 0 aliphatic heterocycles. The van der Waals surface area contributed by atoms with Gasteiger partial charge in [0.2, 0.25) is 0 Å². The van der Waals surface area contributed by atoms with Gasteiger partial charge >= 0.3 is 6.09 Å². The van der Waals surface area contributed by atoms with Crippen LogP contribution in [0.2, 0.25) is 0 Å². The van der Waals surface area contributed by atoms with Gasteiger partial charge in [-0.3, -0.25) is 0 Å². The zero-order chi connectivity index (χ0) is 14.2. The van der Waals surface area contributed by atoms with Crippen molar-refractivity contribution < 1.29 is 9.53 Å². The van der Waals surface area contributed by atoms with E-state index in [2.05, 4.69) is 32.2 Å². The number of nitrogens with one attached hydrogen (secondary N) is 1. The minimum atomic E-state index is -0.320. The van der Waals surface area contributed by atoms with Gasteiger partial charge in [0, 0.05) is 5.54 Å². The standard InChI is InChI=1S/C15H29NO2/c1-12(2)8-7-9-13(3)10-11-18-14(17)16-15(4,5)6/h8,13H,7,9-11H2,1-6H3,(H,16,17). The van der Waals surface area contributed by atoms with Crippen molar-refractivity contribution in [2.75, 3.05) is 6.61 Å². The Kier molecular flexibility index (Phi) is 7.72. The molecule has 0 saturated heterocycles. The minimum Gasteiger partial charge on any atom is -0.450 e. The van der Waals surface area contributed by atoms with Gasteiger partial charge in [0.05, 0.1) is 6.61 Å². The molecule has 0 radical (unpaired) electrons. The molecule has 0 aliphatic carbocycles. The van der Waals surface area contributed by atoms with E-state index in [1.54, 1.807) is 0 Å². The quantitative estimate of drug-likeness (QED) is 0.719. The highest BCUT2D eigenvalue weighted by molar-refractivity contribution is 5.67. The number of amides is 1. The lowest BCUT2D eigenvalue weighted by Crippen LogP contribution is -2.41. The summed E-state index contributed by atoms with van der Waals surface area (Å²) >= 11 is 0. The van der Waals surface area contributed by atoms with Crippen molar-refractivity contribution in [3.63, 3.8) is 0 Å². The zero-order valence-electron chi connectivity index (χ0n) is 12.8. The van der Waals surface area contributed by atoms with Gasteiger partial charge < -0.3 is 10.1 Å². The summed E-state index contributed by atoms with van der Waals surface area (Å²) in [5.41, 5.74) is 1.13. The second-order valence-electron chi connectivity index (χ2n) is 6.26. The summed E-state index contributed by atoms with van der Waals surface area (Å²) < 4.78 is 5.15. The van der Waals surface area contributed by atoms with Crippen molar-refractivity contribution in [3.05, 3.63) is 11.6 Å². The maximum atomic E-state index is 11.4. The number of ether oxygens (including phenoxy) is 1. The first-order valence-electron chi connectivity index (χ1n) is 6.79. The number of rotatable bonds is 6. The number of allylic oxidation sites excluding steroid dienone is 2. The molecule has 0 aliphatic rings. The molecule has 0 aromatic heterocycles. The number of carbonyl (C=O) groups excluding carboxylic acids is 1. The molecule has 0 rings (SSSR count). The van der Waals surface area contributed by atoms with E-state index >= 15 is 0 Å². The third-order valence-corrected chi connectivity index (χ3v) is 2.53. The molecule has 1 unspecified atom stereocenters. The average Bonchev–Trinajstić information content (AvgIpc) is 2.13. The third-order valence-electron chi connectivity index (χ3n) is 2.53. The van der Waals surface area contributed by atoms with Gasteiger partial charge in [-0.2, -0.15) is 0 Å². The van der Waals surface area contributed by atoms with Crippen LogP contribution in [0.15, 0.2) is 11.6 Å². The first kappa shape index (κ1) is 17.0. The van der Waals surface area contributed by atoms with Gasteiger partial charge in [-0.25, -0.2) is 4.79 Å². The summed E-state index contributed by atoms with van der Waals surface area (Å²) in [6.07, 6.45) is 5.12. The van der Waals surface area contributed by atoms with Crippen LogP contribution in [0.4, 0.5) is 4.79 Å². The molecule has 1 N–H and O–H groups in total. The third kappa shape index (κ3) is 11.5. The highest BCUT2D eigenvalue weighted by Gasteiger charge is 2.14. The molecule has 0 spiro atoms. The maximum absolute atomic E-state index is 11.4. The van der Waals surface area contributed by atoms with E-state index in [0.29, 0.717) is 12.5 Å². The first-order valence-corrected chi connectivity index (χ1v) is 6.79. The summed E-state index contributed by atoms with van der Waals surface area (Å²) in [7, 11) is 0. The Hall–Kier alpha value is -0.990. The lowest BCUT2D eigenvalue weighted by molar-refractivity contribution is 0.131. The lowest BCUT2D eigenvalue weighted by Gasteiger charge is -2.20. The highest BCUT2D eigenvalue weighted by Crippen LogP contribution is 2.12. The number of hydrogen-bond acceptors (Lipinski definition) is 2. The lowest BCUT2D eigenvalue weighted by atomic mass is 10.0. The second kappa shape index (κ2) is 8.17.